The number of benzene rings is 1. The number of carbonyl (C=O) groups excluding carboxylic acids is 1. The summed E-state index contributed by atoms with van der Waals surface area (Å²) in [7, 11) is 1.25. The summed E-state index contributed by atoms with van der Waals surface area (Å²) in [6.07, 6.45) is -4.35. The summed E-state index contributed by atoms with van der Waals surface area (Å²) in [6, 6.07) is 4.80. The number of halogens is 5. The Morgan fingerprint density at radius 2 is 2.00 bits per heavy atom. The third-order valence-electron chi connectivity index (χ3n) is 3.75. The molecule has 5 nitrogen and oxygen atoms in total. The molecule has 2 aromatic heterocycles. The molecule has 0 fully saturated rings. The maximum absolute atomic E-state index is 13.5. The SMILES string of the molecule is Cc1nc(Cc2cc(F)cc(Cl)c2)sc1NC(=O)c1cc(C(F)(F)F)nn1C. The number of hydrogen-bond donors (Lipinski definition) is 1. The van der Waals surface area contributed by atoms with Crippen LogP contribution in [0.15, 0.2) is 24.3 Å². The van der Waals surface area contributed by atoms with Crippen molar-refractivity contribution in [3.63, 3.8) is 0 Å². The fourth-order valence-corrected chi connectivity index (χ4v) is 3.76. The van der Waals surface area contributed by atoms with Gasteiger partial charge in [0, 0.05) is 24.6 Å². The van der Waals surface area contributed by atoms with Crippen molar-refractivity contribution in [3.05, 3.63) is 62.8 Å². The van der Waals surface area contributed by atoms with Crippen LogP contribution in [-0.2, 0) is 19.6 Å². The predicted octanol–water partition coefficient (Wildman–Crippen LogP) is 4.84. The predicted molar refractivity (Wildman–Crippen MR) is 97.2 cm³/mol. The van der Waals surface area contributed by atoms with Crippen molar-refractivity contribution in [1.82, 2.24) is 14.8 Å². The molecule has 0 atom stereocenters. The van der Waals surface area contributed by atoms with E-state index in [1.165, 1.54) is 19.2 Å². The van der Waals surface area contributed by atoms with Gasteiger partial charge in [0.05, 0.1) is 10.7 Å². The molecule has 0 aliphatic rings. The number of amides is 1. The fourth-order valence-electron chi connectivity index (χ4n) is 2.52. The summed E-state index contributed by atoms with van der Waals surface area (Å²) in [5.74, 6) is -1.21. The number of carbonyl (C=O) groups is 1. The number of nitrogens with zero attached hydrogens (tertiary/aromatic N) is 3. The molecule has 0 saturated heterocycles. The highest BCUT2D eigenvalue weighted by atomic mass is 35.5. The Hall–Kier alpha value is -2.46. The Morgan fingerprint density at radius 1 is 1.29 bits per heavy atom. The van der Waals surface area contributed by atoms with Crippen molar-refractivity contribution >= 4 is 33.8 Å². The molecule has 11 heteroatoms. The van der Waals surface area contributed by atoms with Crippen LogP contribution < -0.4 is 5.32 Å². The molecular formula is C17H13ClF4N4OS. The van der Waals surface area contributed by atoms with Gasteiger partial charge in [-0.1, -0.05) is 11.6 Å². The minimum atomic E-state index is -4.64. The minimum Gasteiger partial charge on any atom is -0.311 e. The third-order valence-corrected chi connectivity index (χ3v) is 5.04. The van der Waals surface area contributed by atoms with Crippen molar-refractivity contribution in [1.29, 1.82) is 0 Å². The molecule has 0 saturated carbocycles. The molecule has 0 aliphatic carbocycles. The van der Waals surface area contributed by atoms with Crippen LogP contribution in [0.25, 0.3) is 0 Å². The molecule has 3 aromatic rings. The van der Waals surface area contributed by atoms with E-state index in [4.69, 9.17) is 11.6 Å². The van der Waals surface area contributed by atoms with Crippen LogP contribution in [0.1, 0.15) is 32.4 Å². The van der Waals surface area contributed by atoms with E-state index in [1.807, 2.05) is 0 Å². The number of nitrogens with one attached hydrogen (secondary N) is 1. The number of rotatable bonds is 4. The molecule has 1 aromatic carbocycles. The Balaban J connectivity index is 1.78. The van der Waals surface area contributed by atoms with E-state index in [1.54, 1.807) is 13.0 Å². The van der Waals surface area contributed by atoms with Gasteiger partial charge in [-0.3, -0.25) is 9.48 Å². The molecule has 0 spiro atoms. The fraction of sp³-hybridized carbons (Fsp3) is 0.235. The lowest BCUT2D eigenvalue weighted by Crippen LogP contribution is -2.15. The van der Waals surface area contributed by atoms with E-state index in [2.05, 4.69) is 15.4 Å². The lowest BCUT2D eigenvalue weighted by Gasteiger charge is -2.03. The van der Waals surface area contributed by atoms with Crippen molar-refractivity contribution in [3.8, 4) is 0 Å². The average molecular weight is 433 g/mol. The highest BCUT2D eigenvalue weighted by Gasteiger charge is 2.35. The first-order chi connectivity index (χ1) is 13.0. The number of alkyl halides is 3. The van der Waals surface area contributed by atoms with Crippen LogP contribution in [0.4, 0.5) is 22.6 Å². The Morgan fingerprint density at radius 3 is 2.61 bits per heavy atom. The number of thiazole rings is 1. The van der Waals surface area contributed by atoms with E-state index in [0.717, 1.165) is 16.0 Å². The molecule has 0 radical (unpaired) electrons. The van der Waals surface area contributed by atoms with Gasteiger partial charge in [-0.05, 0) is 30.7 Å². The second kappa shape index (κ2) is 7.51. The first-order valence-electron chi connectivity index (χ1n) is 7.87. The summed E-state index contributed by atoms with van der Waals surface area (Å²) < 4.78 is 52.6. The summed E-state index contributed by atoms with van der Waals surface area (Å²) in [5, 5.41) is 7.10. The van der Waals surface area contributed by atoms with Crippen molar-refractivity contribution in [2.45, 2.75) is 19.5 Å². The molecule has 3 rings (SSSR count). The summed E-state index contributed by atoms with van der Waals surface area (Å²) in [4.78, 5) is 16.7. The van der Waals surface area contributed by atoms with Crippen molar-refractivity contribution < 1.29 is 22.4 Å². The van der Waals surface area contributed by atoms with E-state index in [0.29, 0.717) is 33.8 Å². The first-order valence-corrected chi connectivity index (χ1v) is 9.06. The zero-order valence-corrected chi connectivity index (χ0v) is 16.1. The number of aromatic nitrogens is 3. The lowest BCUT2D eigenvalue weighted by atomic mass is 10.1. The second-order valence-electron chi connectivity index (χ2n) is 5.97. The molecule has 148 valence electrons. The van der Waals surface area contributed by atoms with Crippen LogP contribution in [0.3, 0.4) is 0 Å². The van der Waals surface area contributed by atoms with E-state index in [-0.39, 0.29) is 10.7 Å². The normalized spacial score (nSPS) is 11.7. The zero-order valence-electron chi connectivity index (χ0n) is 14.6. The maximum Gasteiger partial charge on any atom is 0.435 e. The van der Waals surface area contributed by atoms with E-state index < -0.39 is 23.6 Å². The van der Waals surface area contributed by atoms with Gasteiger partial charge in [-0.2, -0.15) is 18.3 Å². The quantitative estimate of drug-likeness (QED) is 0.600. The molecule has 28 heavy (non-hydrogen) atoms. The molecule has 1 N–H and O–H groups in total. The van der Waals surface area contributed by atoms with Gasteiger partial charge in [-0.25, -0.2) is 9.37 Å². The van der Waals surface area contributed by atoms with E-state index in [9.17, 15) is 22.4 Å². The highest BCUT2D eigenvalue weighted by Crippen LogP contribution is 2.30. The highest BCUT2D eigenvalue weighted by molar-refractivity contribution is 7.16. The monoisotopic (exact) mass is 432 g/mol. The molecular weight excluding hydrogens is 420 g/mol. The van der Waals surface area contributed by atoms with Gasteiger partial charge in [0.2, 0.25) is 0 Å². The van der Waals surface area contributed by atoms with Gasteiger partial charge in [0.25, 0.3) is 5.91 Å². The van der Waals surface area contributed by atoms with Crippen LogP contribution >= 0.6 is 22.9 Å². The van der Waals surface area contributed by atoms with Gasteiger partial charge in [0.15, 0.2) is 5.69 Å². The Kier molecular flexibility index (Phi) is 5.44. The van der Waals surface area contributed by atoms with Crippen LogP contribution in [0.2, 0.25) is 5.02 Å². The molecule has 0 bridgehead atoms. The molecule has 0 unspecified atom stereocenters. The molecule has 1 amide bonds. The summed E-state index contributed by atoms with van der Waals surface area (Å²) in [6.45, 7) is 1.65. The maximum atomic E-state index is 13.5. The first kappa shape index (κ1) is 20.3. The third kappa shape index (κ3) is 4.50. The smallest absolute Gasteiger partial charge is 0.311 e. The number of hydrogen-bond acceptors (Lipinski definition) is 4. The summed E-state index contributed by atoms with van der Waals surface area (Å²) in [5.41, 5.74) is -0.282. The largest absolute Gasteiger partial charge is 0.435 e. The average Bonchev–Trinajstić information content (AvgIpc) is 3.09. The number of anilines is 1. The van der Waals surface area contributed by atoms with Gasteiger partial charge in [0.1, 0.15) is 16.5 Å². The zero-order chi connectivity index (χ0) is 20.6. The Bertz CT molecular complexity index is 1020. The summed E-state index contributed by atoms with van der Waals surface area (Å²) >= 11 is 6.98. The number of aryl methyl sites for hydroxylation is 2. The van der Waals surface area contributed by atoms with Crippen LogP contribution in [0, 0.1) is 12.7 Å². The van der Waals surface area contributed by atoms with E-state index >= 15 is 0 Å². The minimum absolute atomic E-state index is 0.237. The second-order valence-corrected chi connectivity index (χ2v) is 7.49. The van der Waals surface area contributed by atoms with Crippen LogP contribution in [0.5, 0.6) is 0 Å². The van der Waals surface area contributed by atoms with Gasteiger partial charge in [-0.15, -0.1) is 11.3 Å². The van der Waals surface area contributed by atoms with Crippen LogP contribution in [-0.4, -0.2) is 20.7 Å². The standard InChI is InChI=1S/C17H13ClF4N4OS/c1-8-16(24-15(27)12-7-13(17(20,21)22)25-26(12)2)28-14(23-8)5-9-3-10(18)6-11(19)4-9/h3-4,6-7H,5H2,1-2H3,(H,24,27). The van der Waals surface area contributed by atoms with Crippen molar-refractivity contribution in [2.24, 2.45) is 7.05 Å². The van der Waals surface area contributed by atoms with Crippen molar-refractivity contribution in [2.75, 3.05) is 5.32 Å². The Labute approximate surface area is 166 Å². The molecule has 2 heterocycles. The lowest BCUT2D eigenvalue weighted by molar-refractivity contribution is -0.141. The molecule has 0 aliphatic heterocycles. The van der Waals surface area contributed by atoms with Gasteiger partial charge >= 0.3 is 6.18 Å². The topological polar surface area (TPSA) is 59.8 Å². The van der Waals surface area contributed by atoms with Gasteiger partial charge < -0.3 is 5.32 Å².